The van der Waals surface area contributed by atoms with Gasteiger partial charge in [0.2, 0.25) is 0 Å². The molecule has 0 aliphatic heterocycles. The van der Waals surface area contributed by atoms with Crippen LogP contribution in [-0.2, 0) is 9.53 Å². The van der Waals surface area contributed by atoms with Gasteiger partial charge in [-0.2, -0.15) is 0 Å². The van der Waals surface area contributed by atoms with E-state index < -0.39 is 5.41 Å². The molecule has 3 rings (SSSR count). The second-order valence-corrected chi connectivity index (χ2v) is 7.08. The Bertz CT molecular complexity index is 740. The van der Waals surface area contributed by atoms with Crippen molar-refractivity contribution in [2.24, 2.45) is 10.8 Å². The van der Waals surface area contributed by atoms with E-state index in [9.17, 15) is 4.79 Å². The first-order valence-electron chi connectivity index (χ1n) is 7.39. The molecule has 2 aromatic rings. The molecule has 2 atom stereocenters. The number of hydrogen-bond acceptors (Lipinski definition) is 4. The lowest BCUT2D eigenvalue weighted by atomic mass is 9.65. The van der Waals surface area contributed by atoms with Crippen molar-refractivity contribution in [1.29, 1.82) is 0 Å². The summed E-state index contributed by atoms with van der Waals surface area (Å²) >= 11 is 6.13. The summed E-state index contributed by atoms with van der Waals surface area (Å²) in [5, 5.41) is 0.438. The molecule has 5 nitrogen and oxygen atoms in total. The largest absolute Gasteiger partial charge is 0.469 e. The zero-order valence-electron chi connectivity index (χ0n) is 13.3. The Morgan fingerprint density at radius 3 is 2.82 bits per heavy atom. The minimum atomic E-state index is -0.519. The predicted molar refractivity (Wildman–Crippen MR) is 83.9 cm³/mol. The molecule has 2 heterocycles. The fourth-order valence-electron chi connectivity index (χ4n) is 3.72. The number of methoxy groups -OCH3 is 1. The van der Waals surface area contributed by atoms with E-state index in [-0.39, 0.29) is 17.3 Å². The summed E-state index contributed by atoms with van der Waals surface area (Å²) in [4.78, 5) is 21.0. The third kappa shape index (κ3) is 1.88. The van der Waals surface area contributed by atoms with E-state index in [2.05, 4.69) is 23.8 Å². The van der Waals surface area contributed by atoms with E-state index in [1.54, 1.807) is 12.4 Å². The monoisotopic (exact) mass is 321 g/mol. The van der Waals surface area contributed by atoms with E-state index in [4.69, 9.17) is 16.3 Å². The third-order valence-corrected chi connectivity index (χ3v) is 5.91. The molecule has 2 aromatic heterocycles. The molecular weight excluding hydrogens is 302 g/mol. The van der Waals surface area contributed by atoms with Crippen LogP contribution in [0.4, 0.5) is 0 Å². The molecule has 1 fully saturated rings. The number of carbonyl (C=O) groups is 1. The van der Waals surface area contributed by atoms with Gasteiger partial charge in [0.05, 0.1) is 18.7 Å². The standard InChI is InChI=1S/C16H20ClN3O2/c1-15(2)10(5-6-16(15,3)14(21)22-4)13-19-9-11-12(17)18-7-8-20(11)13/h7-10H,5-6H2,1-4H3/t10-,16+/m0/s1. The number of imidazole rings is 1. The van der Waals surface area contributed by atoms with Gasteiger partial charge < -0.3 is 4.74 Å². The van der Waals surface area contributed by atoms with Gasteiger partial charge in [-0.05, 0) is 25.2 Å². The van der Waals surface area contributed by atoms with Crippen molar-refractivity contribution in [2.45, 2.75) is 39.5 Å². The molecule has 22 heavy (non-hydrogen) atoms. The van der Waals surface area contributed by atoms with Crippen LogP contribution in [0.25, 0.3) is 5.52 Å². The fraction of sp³-hybridized carbons (Fsp3) is 0.562. The smallest absolute Gasteiger partial charge is 0.312 e. The highest BCUT2D eigenvalue weighted by Crippen LogP contribution is 2.60. The first kappa shape index (κ1) is 15.3. The van der Waals surface area contributed by atoms with Gasteiger partial charge in [-0.15, -0.1) is 0 Å². The molecule has 6 heteroatoms. The van der Waals surface area contributed by atoms with Gasteiger partial charge in [-0.25, -0.2) is 9.97 Å². The minimum absolute atomic E-state index is 0.151. The zero-order valence-corrected chi connectivity index (χ0v) is 14.0. The Balaban J connectivity index is 2.09. The molecule has 0 N–H and O–H groups in total. The van der Waals surface area contributed by atoms with Gasteiger partial charge in [0, 0.05) is 18.3 Å². The van der Waals surface area contributed by atoms with Crippen molar-refractivity contribution in [1.82, 2.24) is 14.4 Å². The second-order valence-electron chi connectivity index (χ2n) is 6.73. The van der Waals surface area contributed by atoms with Gasteiger partial charge in [0.1, 0.15) is 11.3 Å². The normalized spacial score (nSPS) is 27.2. The van der Waals surface area contributed by atoms with Crippen LogP contribution in [0.3, 0.4) is 0 Å². The van der Waals surface area contributed by atoms with Gasteiger partial charge in [0.15, 0.2) is 5.15 Å². The lowest BCUT2D eigenvalue weighted by Crippen LogP contribution is -2.41. The Morgan fingerprint density at radius 2 is 2.14 bits per heavy atom. The molecule has 0 aromatic carbocycles. The lowest BCUT2D eigenvalue weighted by Gasteiger charge is -2.38. The van der Waals surface area contributed by atoms with Crippen LogP contribution in [0.15, 0.2) is 18.6 Å². The molecule has 0 bridgehead atoms. The van der Waals surface area contributed by atoms with Crippen LogP contribution in [0.2, 0.25) is 5.15 Å². The maximum atomic E-state index is 12.3. The number of fused-ring (bicyclic) bond motifs is 1. The summed E-state index contributed by atoms with van der Waals surface area (Å²) in [5.41, 5.74) is 0.00767. The van der Waals surface area contributed by atoms with Crippen molar-refractivity contribution in [2.75, 3.05) is 7.11 Å². The quantitative estimate of drug-likeness (QED) is 0.795. The number of esters is 1. The molecule has 0 amide bonds. The number of aromatic nitrogens is 3. The van der Waals surface area contributed by atoms with E-state index in [1.807, 2.05) is 17.5 Å². The highest BCUT2D eigenvalue weighted by molar-refractivity contribution is 6.32. The topological polar surface area (TPSA) is 56.5 Å². The molecule has 0 spiro atoms. The maximum Gasteiger partial charge on any atom is 0.312 e. The van der Waals surface area contributed by atoms with Crippen molar-refractivity contribution >= 4 is 23.1 Å². The minimum Gasteiger partial charge on any atom is -0.469 e. The summed E-state index contributed by atoms with van der Waals surface area (Å²) < 4.78 is 7.02. The maximum absolute atomic E-state index is 12.3. The first-order valence-corrected chi connectivity index (χ1v) is 7.76. The van der Waals surface area contributed by atoms with E-state index in [0.29, 0.717) is 5.15 Å². The summed E-state index contributed by atoms with van der Waals surface area (Å²) in [5.74, 6) is 0.926. The Hall–Kier alpha value is -1.62. The van der Waals surface area contributed by atoms with Gasteiger partial charge in [-0.1, -0.05) is 25.4 Å². The van der Waals surface area contributed by atoms with Gasteiger partial charge >= 0.3 is 5.97 Å². The zero-order chi connectivity index (χ0) is 16.1. The molecule has 0 radical (unpaired) electrons. The van der Waals surface area contributed by atoms with E-state index in [1.165, 1.54) is 7.11 Å². The van der Waals surface area contributed by atoms with Gasteiger partial charge in [0.25, 0.3) is 0 Å². The van der Waals surface area contributed by atoms with E-state index >= 15 is 0 Å². The Labute approximate surface area is 134 Å². The molecular formula is C16H20ClN3O2. The van der Waals surface area contributed by atoms with Crippen molar-refractivity contribution in [3.05, 3.63) is 29.6 Å². The molecule has 0 unspecified atom stereocenters. The number of hydrogen-bond donors (Lipinski definition) is 0. The average Bonchev–Trinajstić information content (AvgIpc) is 3.00. The summed E-state index contributed by atoms with van der Waals surface area (Å²) in [6.07, 6.45) is 6.95. The highest BCUT2D eigenvalue weighted by atomic mass is 35.5. The van der Waals surface area contributed by atoms with Crippen molar-refractivity contribution in [3.8, 4) is 0 Å². The Morgan fingerprint density at radius 1 is 1.41 bits per heavy atom. The fourth-order valence-corrected chi connectivity index (χ4v) is 3.91. The van der Waals surface area contributed by atoms with Crippen LogP contribution in [0.5, 0.6) is 0 Å². The molecule has 0 saturated heterocycles. The van der Waals surface area contributed by atoms with Crippen molar-refractivity contribution in [3.63, 3.8) is 0 Å². The number of carbonyl (C=O) groups excluding carboxylic acids is 1. The SMILES string of the molecule is COC(=O)[C@@]1(C)CC[C@@H](c2ncc3c(Cl)nccn23)C1(C)C. The second kappa shape index (κ2) is 4.95. The summed E-state index contributed by atoms with van der Waals surface area (Å²) in [6, 6.07) is 0. The Kier molecular flexibility index (Phi) is 3.44. The van der Waals surface area contributed by atoms with Crippen LogP contribution >= 0.6 is 11.6 Å². The summed E-state index contributed by atoms with van der Waals surface area (Å²) in [7, 11) is 1.45. The third-order valence-electron chi connectivity index (χ3n) is 5.61. The van der Waals surface area contributed by atoms with E-state index in [0.717, 1.165) is 24.2 Å². The van der Waals surface area contributed by atoms with Gasteiger partial charge in [-0.3, -0.25) is 9.20 Å². The molecule has 1 aliphatic rings. The predicted octanol–water partition coefficient (Wildman–Crippen LogP) is 3.47. The van der Waals surface area contributed by atoms with Crippen LogP contribution < -0.4 is 0 Å². The molecule has 118 valence electrons. The highest BCUT2D eigenvalue weighted by Gasteiger charge is 2.58. The first-order chi connectivity index (χ1) is 10.3. The van der Waals surface area contributed by atoms with Crippen molar-refractivity contribution < 1.29 is 9.53 Å². The average molecular weight is 322 g/mol. The number of halogens is 1. The number of rotatable bonds is 2. The molecule has 1 saturated carbocycles. The number of nitrogens with zero attached hydrogens (tertiary/aromatic N) is 3. The molecule has 1 aliphatic carbocycles. The van der Waals surface area contributed by atoms with Crippen LogP contribution in [0, 0.1) is 10.8 Å². The van der Waals surface area contributed by atoms with Crippen LogP contribution in [0.1, 0.15) is 45.4 Å². The lowest BCUT2D eigenvalue weighted by molar-refractivity contribution is -0.157. The summed E-state index contributed by atoms with van der Waals surface area (Å²) in [6.45, 7) is 6.22. The van der Waals surface area contributed by atoms with Crippen LogP contribution in [-0.4, -0.2) is 27.4 Å². The number of ether oxygens (including phenoxy) is 1.